The fourth-order valence-electron chi connectivity index (χ4n) is 2.73. The molecule has 0 spiro atoms. The Labute approximate surface area is 177 Å². The van der Waals surface area contributed by atoms with Gasteiger partial charge in [0, 0.05) is 5.75 Å². The fourth-order valence-corrected chi connectivity index (χ4v) is 3.72. The Hall–Kier alpha value is -2.34. The molecular formula is C18H26FN3O7S. The monoisotopic (exact) mass is 447 g/mol. The van der Waals surface area contributed by atoms with Gasteiger partial charge in [0.1, 0.15) is 18.3 Å². The Balaban J connectivity index is 1.72. The van der Waals surface area contributed by atoms with E-state index in [1.54, 1.807) is 5.32 Å². The van der Waals surface area contributed by atoms with Crippen LogP contribution in [-0.2, 0) is 14.2 Å². The van der Waals surface area contributed by atoms with E-state index >= 15 is 0 Å². The van der Waals surface area contributed by atoms with Gasteiger partial charge in [-0.1, -0.05) is 39.0 Å². The summed E-state index contributed by atoms with van der Waals surface area (Å²) in [5.41, 5.74) is -1.42. The largest absolute Gasteiger partial charge is 0.508 e. The van der Waals surface area contributed by atoms with E-state index in [9.17, 15) is 18.8 Å². The summed E-state index contributed by atoms with van der Waals surface area (Å²) < 4.78 is 30.5. The zero-order valence-corrected chi connectivity index (χ0v) is 17.5. The summed E-state index contributed by atoms with van der Waals surface area (Å²) >= 11 is 1.28. The zero-order valence-electron chi connectivity index (χ0n) is 16.7. The number of rotatable bonds is 11. The first-order chi connectivity index (χ1) is 14.4. The van der Waals surface area contributed by atoms with Gasteiger partial charge in [-0.25, -0.2) is 18.8 Å². The van der Waals surface area contributed by atoms with Crippen molar-refractivity contribution >= 4 is 29.8 Å². The lowest BCUT2D eigenvalue weighted by molar-refractivity contribution is -0.0242. The van der Waals surface area contributed by atoms with Gasteiger partial charge in [0.15, 0.2) is 11.6 Å². The topological polar surface area (TPSA) is 129 Å². The van der Waals surface area contributed by atoms with Crippen LogP contribution in [0.2, 0.25) is 0 Å². The van der Waals surface area contributed by atoms with E-state index in [-0.39, 0.29) is 6.61 Å². The molecule has 168 valence electrons. The molecule has 2 N–H and O–H groups in total. The highest BCUT2D eigenvalue weighted by Gasteiger charge is 2.30. The Morgan fingerprint density at radius 2 is 2.07 bits per heavy atom. The summed E-state index contributed by atoms with van der Waals surface area (Å²) in [5.74, 6) is -1.39. The lowest BCUT2D eigenvalue weighted by Crippen LogP contribution is -2.30. The van der Waals surface area contributed by atoms with Crippen molar-refractivity contribution in [2.45, 2.75) is 57.1 Å². The molecule has 0 unspecified atom stereocenters. The van der Waals surface area contributed by atoms with Crippen LogP contribution in [-0.4, -0.2) is 51.3 Å². The molecule has 0 aromatic carbocycles. The van der Waals surface area contributed by atoms with Gasteiger partial charge in [0.05, 0.1) is 12.8 Å². The van der Waals surface area contributed by atoms with Gasteiger partial charge >= 0.3 is 17.9 Å². The highest BCUT2D eigenvalue weighted by Crippen LogP contribution is 2.31. The van der Waals surface area contributed by atoms with Crippen LogP contribution in [0.5, 0.6) is 0 Å². The number of anilines is 1. The first-order valence-electron chi connectivity index (χ1n) is 9.76. The minimum atomic E-state index is -1.54. The zero-order chi connectivity index (χ0) is 21.9. The number of carbonyl (C=O) groups excluding carboxylic acids is 1. The van der Waals surface area contributed by atoms with Crippen LogP contribution >= 0.6 is 11.8 Å². The standard InChI is InChI=1S/C18H26FN3O7S/c1-2-3-4-5-6-7-8-27-18(26)28-10-14-29-13(11-30-14)22-9-12(19)15(20-16(22)23)21-17(24)25/h9,13-14H,2-8,10-11H2,1H3,(H,24,25)(H,20,21,23)/t13-,14+/m0/s1. The number of thioether (sulfide) groups is 1. The number of amides is 1. The number of carboxylic acid groups (broad SMARTS) is 1. The Morgan fingerprint density at radius 3 is 2.80 bits per heavy atom. The number of hydrogen-bond acceptors (Lipinski definition) is 8. The van der Waals surface area contributed by atoms with Crippen molar-refractivity contribution in [2.24, 2.45) is 0 Å². The number of nitrogens with zero attached hydrogens (tertiary/aromatic N) is 2. The van der Waals surface area contributed by atoms with E-state index in [0.29, 0.717) is 12.4 Å². The summed E-state index contributed by atoms with van der Waals surface area (Å²) in [6, 6.07) is 0. The SMILES string of the molecule is CCCCCCCCOC(=O)OC[C@@H]1O[C@H](n2cc(F)c(NC(=O)O)nc2=O)CS1. The molecule has 1 amide bonds. The van der Waals surface area contributed by atoms with Gasteiger partial charge in [0.2, 0.25) is 0 Å². The van der Waals surface area contributed by atoms with Gasteiger partial charge in [-0.2, -0.15) is 4.98 Å². The van der Waals surface area contributed by atoms with E-state index in [0.717, 1.165) is 30.0 Å². The molecule has 1 aliphatic heterocycles. The smallest absolute Gasteiger partial charge is 0.465 e. The number of ether oxygens (including phenoxy) is 3. The van der Waals surface area contributed by atoms with Crippen molar-refractivity contribution in [3.05, 3.63) is 22.5 Å². The van der Waals surface area contributed by atoms with E-state index in [4.69, 9.17) is 19.3 Å². The number of carbonyl (C=O) groups is 2. The molecule has 1 saturated heterocycles. The van der Waals surface area contributed by atoms with Crippen LogP contribution in [0.1, 0.15) is 51.7 Å². The molecule has 12 heteroatoms. The summed E-state index contributed by atoms with van der Waals surface area (Å²) in [7, 11) is 0. The molecule has 0 bridgehead atoms. The molecule has 0 aliphatic carbocycles. The van der Waals surface area contributed by atoms with Crippen molar-refractivity contribution in [3.8, 4) is 0 Å². The average molecular weight is 447 g/mol. The van der Waals surface area contributed by atoms with Crippen molar-refractivity contribution < 1.29 is 33.3 Å². The molecule has 1 aliphatic rings. The minimum absolute atomic E-state index is 0.0835. The lowest BCUT2D eigenvalue weighted by atomic mass is 10.1. The van der Waals surface area contributed by atoms with Crippen LogP contribution in [0, 0.1) is 5.82 Å². The molecule has 1 aromatic rings. The number of unbranched alkanes of at least 4 members (excludes halogenated alkanes) is 5. The molecule has 2 heterocycles. The fraction of sp³-hybridized carbons (Fsp3) is 0.667. The second-order valence-corrected chi connectivity index (χ2v) is 7.78. The summed E-state index contributed by atoms with van der Waals surface area (Å²) in [6.45, 7) is 2.36. The summed E-state index contributed by atoms with van der Waals surface area (Å²) in [5, 5.41) is 10.3. The van der Waals surface area contributed by atoms with Crippen molar-refractivity contribution in [2.75, 3.05) is 24.3 Å². The Bertz CT molecular complexity index is 777. The van der Waals surface area contributed by atoms with E-state index in [1.165, 1.54) is 31.0 Å². The van der Waals surface area contributed by atoms with Gasteiger partial charge < -0.3 is 19.3 Å². The first kappa shape index (κ1) is 23.9. The predicted molar refractivity (Wildman–Crippen MR) is 107 cm³/mol. The van der Waals surface area contributed by atoms with Crippen molar-refractivity contribution in [3.63, 3.8) is 0 Å². The quantitative estimate of drug-likeness (QED) is 0.386. The third-order valence-electron chi connectivity index (χ3n) is 4.23. The van der Waals surface area contributed by atoms with Crippen LogP contribution in [0.15, 0.2) is 11.0 Å². The Kier molecular flexibility index (Phi) is 9.87. The minimum Gasteiger partial charge on any atom is -0.465 e. The predicted octanol–water partition coefficient (Wildman–Crippen LogP) is 3.57. The molecule has 10 nitrogen and oxygen atoms in total. The first-order valence-corrected chi connectivity index (χ1v) is 10.8. The molecule has 30 heavy (non-hydrogen) atoms. The van der Waals surface area contributed by atoms with Crippen molar-refractivity contribution in [1.29, 1.82) is 0 Å². The molecule has 0 radical (unpaired) electrons. The number of aromatic nitrogens is 2. The van der Waals surface area contributed by atoms with Gasteiger partial charge in [-0.3, -0.25) is 9.88 Å². The molecular weight excluding hydrogens is 421 g/mol. The maximum absolute atomic E-state index is 13.9. The maximum Gasteiger partial charge on any atom is 0.508 e. The molecule has 0 saturated carbocycles. The van der Waals surface area contributed by atoms with E-state index in [2.05, 4.69) is 11.9 Å². The van der Waals surface area contributed by atoms with E-state index < -0.39 is 41.2 Å². The third kappa shape index (κ3) is 7.82. The third-order valence-corrected chi connectivity index (χ3v) is 5.33. The molecule has 1 aromatic heterocycles. The second kappa shape index (κ2) is 12.4. The Morgan fingerprint density at radius 1 is 1.33 bits per heavy atom. The van der Waals surface area contributed by atoms with Crippen LogP contribution in [0.3, 0.4) is 0 Å². The average Bonchev–Trinajstić information content (AvgIpc) is 3.16. The molecule has 1 fully saturated rings. The normalized spacial score (nSPS) is 18.2. The number of hydrogen-bond donors (Lipinski definition) is 2. The van der Waals surface area contributed by atoms with Crippen molar-refractivity contribution in [1.82, 2.24) is 9.55 Å². The van der Waals surface area contributed by atoms with Crippen LogP contribution in [0.4, 0.5) is 19.8 Å². The summed E-state index contributed by atoms with van der Waals surface area (Å²) in [4.78, 5) is 37.6. The maximum atomic E-state index is 13.9. The van der Waals surface area contributed by atoms with E-state index in [1.807, 2.05) is 0 Å². The van der Waals surface area contributed by atoms with Gasteiger partial charge in [-0.15, -0.1) is 11.8 Å². The highest BCUT2D eigenvalue weighted by atomic mass is 32.2. The van der Waals surface area contributed by atoms with Crippen LogP contribution in [0.25, 0.3) is 0 Å². The highest BCUT2D eigenvalue weighted by molar-refractivity contribution is 8.00. The molecule has 2 atom stereocenters. The number of halogens is 1. The lowest BCUT2D eigenvalue weighted by Gasteiger charge is -2.15. The van der Waals surface area contributed by atoms with Gasteiger partial charge in [0.25, 0.3) is 0 Å². The van der Waals surface area contributed by atoms with Gasteiger partial charge in [-0.05, 0) is 6.42 Å². The molecule has 2 rings (SSSR count). The summed E-state index contributed by atoms with van der Waals surface area (Å²) in [6.07, 6.45) is 4.14. The van der Waals surface area contributed by atoms with Crippen LogP contribution < -0.4 is 11.0 Å². The number of nitrogens with one attached hydrogen (secondary N) is 1. The second-order valence-electron chi connectivity index (χ2n) is 6.59.